The van der Waals surface area contributed by atoms with Crippen molar-refractivity contribution in [2.45, 2.75) is 52.3 Å². The summed E-state index contributed by atoms with van der Waals surface area (Å²) in [4.78, 5) is 31.6. The van der Waals surface area contributed by atoms with E-state index in [-0.39, 0.29) is 29.2 Å². The van der Waals surface area contributed by atoms with E-state index in [4.69, 9.17) is 0 Å². The third-order valence-electron chi connectivity index (χ3n) is 6.48. The summed E-state index contributed by atoms with van der Waals surface area (Å²) in [6.07, 6.45) is -7.45. The van der Waals surface area contributed by atoms with Gasteiger partial charge < -0.3 is 15.5 Å². The molecular formula is C28H29F5N4O2S. The van der Waals surface area contributed by atoms with Gasteiger partial charge in [0.05, 0.1) is 5.56 Å². The molecule has 0 aliphatic carbocycles. The molecule has 214 valence electrons. The number of rotatable bonds is 8. The second-order valence-corrected chi connectivity index (χ2v) is 11.8. The van der Waals surface area contributed by atoms with Gasteiger partial charge in [0.1, 0.15) is 15.6 Å². The van der Waals surface area contributed by atoms with Crippen molar-refractivity contribution in [3.8, 4) is 0 Å². The first-order valence-corrected chi connectivity index (χ1v) is 13.4. The number of nitrogens with zero attached hydrogens (tertiary/aromatic N) is 2. The minimum atomic E-state index is -4.50. The molecule has 0 fully saturated rings. The zero-order valence-electron chi connectivity index (χ0n) is 22.3. The Morgan fingerprint density at radius 2 is 1.80 bits per heavy atom. The quantitative estimate of drug-likeness (QED) is 0.281. The fourth-order valence-corrected chi connectivity index (χ4v) is 5.48. The number of fused-ring (bicyclic) bond motifs is 1. The highest BCUT2D eigenvalue weighted by atomic mass is 32.1. The molecule has 6 nitrogen and oxygen atoms in total. The summed E-state index contributed by atoms with van der Waals surface area (Å²) >= 11 is 0.876. The van der Waals surface area contributed by atoms with Crippen molar-refractivity contribution in [3.63, 3.8) is 0 Å². The Morgan fingerprint density at radius 1 is 1.12 bits per heavy atom. The lowest BCUT2D eigenvalue weighted by Crippen LogP contribution is -2.47. The van der Waals surface area contributed by atoms with E-state index in [2.05, 4.69) is 15.6 Å². The normalized spacial score (nSPS) is 15.1. The van der Waals surface area contributed by atoms with Crippen molar-refractivity contribution in [2.24, 2.45) is 5.92 Å². The van der Waals surface area contributed by atoms with Crippen LogP contribution in [0.15, 0.2) is 42.5 Å². The Labute approximate surface area is 232 Å². The maximum atomic E-state index is 13.7. The molecule has 0 spiro atoms. The zero-order chi connectivity index (χ0) is 29.4. The molecule has 3 aromatic rings. The lowest BCUT2D eigenvalue weighted by molar-refractivity contribution is -0.137. The van der Waals surface area contributed by atoms with Crippen molar-refractivity contribution in [2.75, 3.05) is 23.3 Å². The lowest BCUT2D eigenvalue weighted by atomic mass is 9.77. The van der Waals surface area contributed by atoms with Gasteiger partial charge in [-0.2, -0.15) is 13.2 Å². The number of nitrogens with one attached hydrogen (secondary N) is 2. The van der Waals surface area contributed by atoms with Gasteiger partial charge in [0.15, 0.2) is 0 Å². The van der Waals surface area contributed by atoms with Crippen LogP contribution in [0.5, 0.6) is 0 Å². The fraction of sp³-hybridized carbons (Fsp3) is 0.393. The number of halogens is 5. The van der Waals surface area contributed by atoms with Gasteiger partial charge in [-0.05, 0) is 54.4 Å². The third-order valence-corrected chi connectivity index (χ3v) is 7.55. The van der Waals surface area contributed by atoms with Crippen LogP contribution >= 0.6 is 11.3 Å². The second kappa shape index (κ2) is 11.2. The van der Waals surface area contributed by atoms with Crippen LogP contribution in [-0.2, 0) is 18.1 Å². The predicted molar refractivity (Wildman–Crippen MR) is 144 cm³/mol. The van der Waals surface area contributed by atoms with Gasteiger partial charge in [0, 0.05) is 35.4 Å². The smallest absolute Gasteiger partial charge is 0.321 e. The van der Waals surface area contributed by atoms with Crippen LogP contribution in [0.25, 0.3) is 0 Å². The van der Waals surface area contributed by atoms with E-state index in [1.165, 1.54) is 23.1 Å². The summed E-state index contributed by atoms with van der Waals surface area (Å²) < 4.78 is 66.4. The summed E-state index contributed by atoms with van der Waals surface area (Å²) in [6, 6.07) is 9.08. The van der Waals surface area contributed by atoms with Gasteiger partial charge in [-0.1, -0.05) is 33.8 Å². The van der Waals surface area contributed by atoms with Crippen LogP contribution in [-0.4, -0.2) is 29.9 Å². The van der Waals surface area contributed by atoms with Crippen molar-refractivity contribution in [1.29, 1.82) is 0 Å². The molecule has 12 heteroatoms. The molecule has 0 bridgehead atoms. The fourth-order valence-electron chi connectivity index (χ4n) is 4.55. The predicted octanol–water partition coefficient (Wildman–Crippen LogP) is 7.04. The van der Waals surface area contributed by atoms with E-state index >= 15 is 0 Å². The van der Waals surface area contributed by atoms with Crippen molar-refractivity contribution < 1.29 is 31.5 Å². The minimum Gasteiger partial charge on any atom is -0.321 e. The number of hydrogen-bond donors (Lipinski definition) is 2. The van der Waals surface area contributed by atoms with Gasteiger partial charge in [-0.3, -0.25) is 9.59 Å². The van der Waals surface area contributed by atoms with Crippen LogP contribution in [0, 0.1) is 5.92 Å². The number of benzene rings is 2. The molecular weight excluding hydrogens is 551 g/mol. The van der Waals surface area contributed by atoms with E-state index in [0.717, 1.165) is 23.5 Å². The number of carbonyl (C=O) groups excluding carboxylic acids is 2. The minimum absolute atomic E-state index is 0.216. The van der Waals surface area contributed by atoms with E-state index < -0.39 is 41.1 Å². The number of aromatic nitrogens is 1. The molecule has 2 N–H and O–H groups in total. The van der Waals surface area contributed by atoms with Gasteiger partial charge in [0.25, 0.3) is 18.2 Å². The largest absolute Gasteiger partial charge is 0.416 e. The van der Waals surface area contributed by atoms with Crippen molar-refractivity contribution >= 4 is 34.5 Å². The Morgan fingerprint density at radius 3 is 2.40 bits per heavy atom. The number of anilines is 2. The molecule has 1 aliphatic rings. The number of alkyl halides is 5. The van der Waals surface area contributed by atoms with E-state index in [9.17, 15) is 31.5 Å². The standard InChI is InChI=1S/C28H29F5N4O2S/c1-15(2)12-34-13-21-36-22(24(29)30)23(40-21)25(38)35-17-7-10-20-19(11-17)26(39)37(14-27(20,3)4)18-8-5-16(6-9-18)28(31,32)33/h5-11,15,24,34H,12-14H2,1-4H3,(H,35,38). The van der Waals surface area contributed by atoms with Gasteiger partial charge in [0.2, 0.25) is 0 Å². The molecule has 0 unspecified atom stereocenters. The van der Waals surface area contributed by atoms with Crippen molar-refractivity contribution in [1.82, 2.24) is 10.3 Å². The Balaban J connectivity index is 1.59. The molecule has 2 heterocycles. The molecule has 0 atom stereocenters. The third kappa shape index (κ3) is 6.33. The van der Waals surface area contributed by atoms with Crippen LogP contribution in [0.1, 0.15) is 76.0 Å². The van der Waals surface area contributed by atoms with Gasteiger partial charge in [-0.15, -0.1) is 11.3 Å². The number of carbonyl (C=O) groups is 2. The van der Waals surface area contributed by atoms with Crippen LogP contribution in [0.2, 0.25) is 0 Å². The van der Waals surface area contributed by atoms with Gasteiger partial charge >= 0.3 is 6.18 Å². The number of hydrogen-bond acceptors (Lipinski definition) is 5. The average molecular weight is 581 g/mol. The molecule has 0 saturated heterocycles. The van der Waals surface area contributed by atoms with E-state index in [1.54, 1.807) is 12.1 Å². The number of amides is 2. The lowest BCUT2D eigenvalue weighted by Gasteiger charge is -2.39. The summed E-state index contributed by atoms with van der Waals surface area (Å²) in [6.45, 7) is 8.94. The SMILES string of the molecule is CC(C)CNCc1nc(C(F)F)c(C(=O)Nc2ccc3c(c2)C(=O)N(c2ccc(C(F)(F)F)cc2)CC3(C)C)s1. The number of thiazole rings is 1. The summed E-state index contributed by atoms with van der Waals surface area (Å²) in [7, 11) is 0. The summed E-state index contributed by atoms with van der Waals surface area (Å²) in [5, 5.41) is 6.07. The molecule has 0 radical (unpaired) electrons. The zero-order valence-corrected chi connectivity index (χ0v) is 23.1. The molecule has 1 aliphatic heterocycles. The van der Waals surface area contributed by atoms with E-state index in [1.807, 2.05) is 27.7 Å². The van der Waals surface area contributed by atoms with Crippen LogP contribution < -0.4 is 15.5 Å². The molecule has 2 aromatic carbocycles. The highest BCUT2D eigenvalue weighted by Crippen LogP contribution is 2.38. The molecule has 1 aromatic heterocycles. The first kappa shape index (κ1) is 29.6. The molecule has 2 amide bonds. The molecule has 0 saturated carbocycles. The Hall–Kier alpha value is -3.38. The average Bonchev–Trinajstić information content (AvgIpc) is 3.30. The summed E-state index contributed by atoms with van der Waals surface area (Å²) in [5.41, 5.74) is -0.518. The highest BCUT2D eigenvalue weighted by molar-refractivity contribution is 7.13. The van der Waals surface area contributed by atoms with Crippen LogP contribution in [0.3, 0.4) is 0 Å². The maximum Gasteiger partial charge on any atom is 0.416 e. The Kier molecular flexibility index (Phi) is 8.32. The van der Waals surface area contributed by atoms with Crippen LogP contribution in [0.4, 0.5) is 33.3 Å². The first-order valence-electron chi connectivity index (χ1n) is 12.6. The monoisotopic (exact) mass is 580 g/mol. The van der Waals surface area contributed by atoms with E-state index in [0.29, 0.717) is 28.7 Å². The van der Waals surface area contributed by atoms with Gasteiger partial charge in [-0.25, -0.2) is 13.8 Å². The summed E-state index contributed by atoms with van der Waals surface area (Å²) in [5.74, 6) is -0.871. The first-order chi connectivity index (χ1) is 18.7. The second-order valence-electron chi connectivity index (χ2n) is 10.7. The topological polar surface area (TPSA) is 74.3 Å². The molecule has 40 heavy (non-hydrogen) atoms. The maximum absolute atomic E-state index is 13.7. The highest BCUT2D eigenvalue weighted by Gasteiger charge is 2.38. The van der Waals surface area contributed by atoms with Crippen molar-refractivity contribution in [3.05, 3.63) is 74.7 Å². The molecule has 4 rings (SSSR count). The Bertz CT molecular complexity index is 1400.